The van der Waals surface area contributed by atoms with Crippen molar-refractivity contribution < 1.29 is 14.6 Å². The van der Waals surface area contributed by atoms with Crippen LogP contribution in [-0.2, 0) is 9.53 Å². The van der Waals surface area contributed by atoms with E-state index < -0.39 is 0 Å². The lowest BCUT2D eigenvalue weighted by atomic mass is 9.68. The van der Waals surface area contributed by atoms with Gasteiger partial charge in [-0.05, 0) is 68.9 Å². The van der Waals surface area contributed by atoms with Crippen molar-refractivity contribution in [2.24, 2.45) is 29.1 Å². The predicted octanol–water partition coefficient (Wildman–Crippen LogP) is 2.84. The summed E-state index contributed by atoms with van der Waals surface area (Å²) in [7, 11) is 0. The van der Waals surface area contributed by atoms with Gasteiger partial charge in [0.05, 0.1) is 12.0 Å². The van der Waals surface area contributed by atoms with Crippen molar-refractivity contribution in [2.45, 2.75) is 71.0 Å². The summed E-state index contributed by atoms with van der Waals surface area (Å²) in [5, 5.41) is 10.7. The monoisotopic (exact) mass is 335 g/mol. The Labute approximate surface area is 145 Å². The second-order valence-corrected chi connectivity index (χ2v) is 9.23. The van der Waals surface area contributed by atoms with E-state index in [9.17, 15) is 9.90 Å². The number of fused-ring (bicyclic) bond motifs is 2. The molecule has 1 N–H and O–H groups in total. The summed E-state index contributed by atoms with van der Waals surface area (Å²) in [5.74, 6) is 1.45. The van der Waals surface area contributed by atoms with Crippen LogP contribution in [0.4, 0.5) is 0 Å². The van der Waals surface area contributed by atoms with Gasteiger partial charge in [-0.15, -0.1) is 0 Å². The number of carbonyl (C=O) groups is 1. The molecular weight excluding hydrogens is 302 g/mol. The molecule has 0 aromatic heterocycles. The summed E-state index contributed by atoms with van der Waals surface area (Å²) in [6.07, 6.45) is 7.69. The predicted molar refractivity (Wildman–Crippen MR) is 92.4 cm³/mol. The molecule has 0 radical (unpaired) electrons. The normalized spacial score (nSPS) is 49.4. The Hall–Kier alpha value is -0.610. The van der Waals surface area contributed by atoms with Crippen LogP contribution in [0.3, 0.4) is 0 Å². The Balaban J connectivity index is 1.55. The summed E-state index contributed by atoms with van der Waals surface area (Å²) in [5.41, 5.74) is -0.0348. The highest BCUT2D eigenvalue weighted by Crippen LogP contribution is 2.57. The molecular formula is C20H33NO3. The maximum absolute atomic E-state index is 12.6. The summed E-state index contributed by atoms with van der Waals surface area (Å²) >= 11 is 0. The largest absolute Gasteiger partial charge is 0.462 e. The van der Waals surface area contributed by atoms with Crippen LogP contribution in [0.15, 0.2) is 0 Å². The fraction of sp³-hybridized carbons (Fsp3) is 0.950. The smallest absolute Gasteiger partial charge is 0.310 e. The molecule has 4 heteroatoms. The fourth-order valence-electron chi connectivity index (χ4n) is 6.39. The first-order chi connectivity index (χ1) is 11.5. The lowest BCUT2D eigenvalue weighted by Crippen LogP contribution is -2.41. The van der Waals surface area contributed by atoms with Crippen LogP contribution >= 0.6 is 0 Å². The van der Waals surface area contributed by atoms with E-state index in [4.69, 9.17) is 4.74 Å². The molecule has 136 valence electrons. The zero-order chi connectivity index (χ0) is 16.9. The van der Waals surface area contributed by atoms with Crippen molar-refractivity contribution >= 4 is 5.97 Å². The minimum Gasteiger partial charge on any atom is -0.462 e. The van der Waals surface area contributed by atoms with Gasteiger partial charge < -0.3 is 14.7 Å². The summed E-state index contributed by atoms with van der Waals surface area (Å²) < 4.78 is 5.87. The van der Waals surface area contributed by atoms with E-state index in [1.165, 1.54) is 19.3 Å². The van der Waals surface area contributed by atoms with Gasteiger partial charge >= 0.3 is 5.97 Å². The summed E-state index contributed by atoms with van der Waals surface area (Å²) in [6.45, 7) is 7.69. The number of nitrogens with zero attached hydrogens (tertiary/aromatic N) is 1. The van der Waals surface area contributed by atoms with E-state index in [2.05, 4.69) is 18.7 Å². The van der Waals surface area contributed by atoms with Gasteiger partial charge in [0.2, 0.25) is 0 Å². The number of carbonyl (C=O) groups excluding carboxylic acids is 1. The molecule has 0 aromatic rings. The van der Waals surface area contributed by atoms with E-state index >= 15 is 0 Å². The Morgan fingerprint density at radius 1 is 1.25 bits per heavy atom. The zero-order valence-corrected chi connectivity index (χ0v) is 15.2. The lowest BCUT2D eigenvalue weighted by Gasteiger charge is -2.38. The van der Waals surface area contributed by atoms with Crippen LogP contribution < -0.4 is 0 Å². The van der Waals surface area contributed by atoms with Crippen LogP contribution in [0.5, 0.6) is 0 Å². The van der Waals surface area contributed by atoms with E-state index in [-0.39, 0.29) is 29.5 Å². The molecule has 2 heterocycles. The van der Waals surface area contributed by atoms with Crippen LogP contribution in [0.25, 0.3) is 0 Å². The number of piperidine rings is 1. The van der Waals surface area contributed by atoms with Crippen molar-refractivity contribution in [3.05, 3.63) is 0 Å². The van der Waals surface area contributed by atoms with Crippen LogP contribution in [0.2, 0.25) is 0 Å². The van der Waals surface area contributed by atoms with Gasteiger partial charge in [-0.25, -0.2) is 0 Å². The van der Waals surface area contributed by atoms with Crippen LogP contribution in [0.1, 0.15) is 58.8 Å². The van der Waals surface area contributed by atoms with Crippen molar-refractivity contribution in [3.63, 3.8) is 0 Å². The molecule has 4 aliphatic rings. The molecule has 4 fully saturated rings. The lowest BCUT2D eigenvalue weighted by molar-refractivity contribution is -0.145. The highest BCUT2D eigenvalue weighted by Gasteiger charge is 2.57. The molecule has 0 spiro atoms. The van der Waals surface area contributed by atoms with Gasteiger partial charge in [0.1, 0.15) is 6.10 Å². The molecule has 24 heavy (non-hydrogen) atoms. The third-order valence-electron chi connectivity index (χ3n) is 7.79. The topological polar surface area (TPSA) is 49.8 Å². The summed E-state index contributed by atoms with van der Waals surface area (Å²) in [4.78, 5) is 15.1. The molecule has 4 rings (SSSR count). The molecule has 0 amide bonds. The molecule has 2 saturated carbocycles. The van der Waals surface area contributed by atoms with E-state index in [1.54, 1.807) is 0 Å². The minimum absolute atomic E-state index is 0.0173. The standard InChI is InChI=1S/C20H33NO3/c1-13-10-17-14(11-20(2)16(13)6-7-18(20)22)15(19(23)24-17)12-21-8-4-3-5-9-21/h13-18,22H,3-12H2,1-2H3/t13-,14-,15+,16+,17+,18+,20+/m1/s1. The average Bonchev–Trinajstić information content (AvgIpc) is 2.96. The SMILES string of the molecule is C[C@@H]1C[C@@H]2OC(=O)[C@@H](CN3CCCCC3)[C@H]2C[C@]2(C)[C@@H](O)CC[C@@H]12. The van der Waals surface area contributed by atoms with Crippen LogP contribution in [0, 0.1) is 29.1 Å². The second-order valence-electron chi connectivity index (χ2n) is 9.23. The highest BCUT2D eigenvalue weighted by atomic mass is 16.6. The number of esters is 1. The number of hydrogen-bond acceptors (Lipinski definition) is 4. The van der Waals surface area contributed by atoms with Crippen LogP contribution in [-0.4, -0.2) is 47.8 Å². The number of aliphatic hydroxyl groups excluding tert-OH is 1. The zero-order valence-electron chi connectivity index (χ0n) is 15.2. The first-order valence-electron chi connectivity index (χ1n) is 10.1. The number of rotatable bonds is 2. The van der Waals surface area contributed by atoms with Crippen molar-refractivity contribution in [2.75, 3.05) is 19.6 Å². The molecule has 0 unspecified atom stereocenters. The van der Waals surface area contributed by atoms with Gasteiger partial charge in [-0.2, -0.15) is 0 Å². The third-order valence-corrected chi connectivity index (χ3v) is 7.79. The molecule has 7 atom stereocenters. The Morgan fingerprint density at radius 3 is 2.75 bits per heavy atom. The van der Waals surface area contributed by atoms with Crippen molar-refractivity contribution in [3.8, 4) is 0 Å². The van der Waals surface area contributed by atoms with Crippen molar-refractivity contribution in [1.29, 1.82) is 0 Å². The number of aliphatic hydroxyl groups is 1. The number of hydrogen-bond donors (Lipinski definition) is 1. The molecule has 2 aliphatic carbocycles. The molecule has 0 bridgehead atoms. The van der Waals surface area contributed by atoms with E-state index in [1.807, 2.05) is 0 Å². The van der Waals surface area contributed by atoms with Gasteiger partial charge in [0.25, 0.3) is 0 Å². The minimum atomic E-state index is -0.213. The molecule has 2 aliphatic heterocycles. The van der Waals surface area contributed by atoms with Gasteiger partial charge in [-0.3, -0.25) is 4.79 Å². The van der Waals surface area contributed by atoms with Gasteiger partial charge in [0, 0.05) is 12.5 Å². The Morgan fingerprint density at radius 2 is 2.00 bits per heavy atom. The maximum atomic E-state index is 12.6. The van der Waals surface area contributed by atoms with Crippen molar-refractivity contribution in [1.82, 2.24) is 4.90 Å². The first kappa shape index (κ1) is 16.8. The third kappa shape index (κ3) is 2.70. The molecule has 4 nitrogen and oxygen atoms in total. The molecule has 2 saturated heterocycles. The fourth-order valence-corrected chi connectivity index (χ4v) is 6.39. The van der Waals surface area contributed by atoms with Gasteiger partial charge in [0.15, 0.2) is 0 Å². The summed E-state index contributed by atoms with van der Waals surface area (Å²) in [6, 6.07) is 0. The Kier molecular flexibility index (Phi) is 4.41. The second kappa shape index (κ2) is 6.28. The number of likely N-dealkylation sites (tertiary alicyclic amines) is 1. The first-order valence-corrected chi connectivity index (χ1v) is 10.1. The molecule has 0 aromatic carbocycles. The number of ether oxygens (including phenoxy) is 1. The Bertz CT molecular complexity index is 489. The highest BCUT2D eigenvalue weighted by molar-refractivity contribution is 5.75. The average molecular weight is 335 g/mol. The van der Waals surface area contributed by atoms with Gasteiger partial charge in [-0.1, -0.05) is 20.3 Å². The quantitative estimate of drug-likeness (QED) is 0.789. The van der Waals surface area contributed by atoms with E-state index in [0.29, 0.717) is 17.8 Å². The van der Waals surface area contributed by atoms with E-state index in [0.717, 1.165) is 45.3 Å². The maximum Gasteiger partial charge on any atom is 0.310 e.